The predicted molar refractivity (Wildman–Crippen MR) is 88.1 cm³/mol. The Balaban J connectivity index is 2.42. The molecule has 6 nitrogen and oxygen atoms in total. The highest BCUT2D eigenvalue weighted by Crippen LogP contribution is 2.23. The van der Waals surface area contributed by atoms with Crippen molar-refractivity contribution in [3.05, 3.63) is 0 Å². The van der Waals surface area contributed by atoms with Crippen LogP contribution in [-0.2, 0) is 19.2 Å². The fourth-order valence-corrected chi connectivity index (χ4v) is 2.77. The number of Topliss-reactive ketones (excluding diaryl/α,β-unsaturated/α-hetero) is 1. The Bertz CT molecular complexity index is 384. The average molecular weight is 332 g/mol. The Labute approximate surface area is 135 Å². The molecule has 0 aromatic rings. The van der Waals surface area contributed by atoms with Gasteiger partial charge in [-0.1, -0.05) is 22.7 Å². The molecule has 0 bridgehead atoms. The van der Waals surface area contributed by atoms with E-state index in [2.05, 4.69) is 21.8 Å². The monoisotopic (exact) mass is 332 g/mol. The number of ketones is 1. The van der Waals surface area contributed by atoms with Crippen LogP contribution in [-0.4, -0.2) is 47.3 Å². The van der Waals surface area contributed by atoms with Crippen LogP contribution >= 0.6 is 9.39 Å². The molecule has 128 valence electrons. The van der Waals surface area contributed by atoms with Crippen molar-refractivity contribution in [2.24, 2.45) is 0 Å². The molecule has 1 unspecified atom stereocenters. The van der Waals surface area contributed by atoms with Crippen LogP contribution in [0.1, 0.15) is 53.4 Å². The van der Waals surface area contributed by atoms with E-state index >= 15 is 0 Å². The van der Waals surface area contributed by atoms with Gasteiger partial charge < -0.3 is 9.57 Å². The number of piperidine rings is 1. The van der Waals surface area contributed by atoms with E-state index in [9.17, 15) is 9.59 Å². The van der Waals surface area contributed by atoms with Gasteiger partial charge in [0, 0.05) is 12.6 Å². The van der Waals surface area contributed by atoms with Crippen molar-refractivity contribution < 1.29 is 19.2 Å². The zero-order valence-corrected chi connectivity index (χ0v) is 15.2. The molecule has 1 N–H and O–H groups in total. The van der Waals surface area contributed by atoms with E-state index in [1.807, 2.05) is 4.67 Å². The van der Waals surface area contributed by atoms with Gasteiger partial charge in [-0.05, 0) is 40.0 Å². The largest absolute Gasteiger partial charge is 0.454 e. The first-order chi connectivity index (χ1) is 10.2. The molecular formula is C15H29N2O4P. The number of unbranched alkanes of at least 4 members (excludes halogenated alkanes) is 1. The quantitative estimate of drug-likeness (QED) is 0.252. The smallest absolute Gasteiger partial charge is 0.376 e. The van der Waals surface area contributed by atoms with Crippen molar-refractivity contribution >= 4 is 21.1 Å². The Hall–Kier alpha value is -0.550. The lowest BCUT2D eigenvalue weighted by Crippen LogP contribution is -2.51. The van der Waals surface area contributed by atoms with Crippen molar-refractivity contribution in [1.29, 1.82) is 0 Å². The number of ether oxygens (including phenoxy) is 1. The molecular weight excluding hydrogens is 303 g/mol. The SMILES string of the molecule is CCCCON[C@@H]1CC[C@@H](C(=O)C(=O)OC(C)(C)C)N(P)C1. The molecule has 22 heavy (non-hydrogen) atoms. The lowest BCUT2D eigenvalue weighted by Gasteiger charge is -2.35. The van der Waals surface area contributed by atoms with E-state index < -0.39 is 23.4 Å². The molecule has 3 atom stereocenters. The van der Waals surface area contributed by atoms with Gasteiger partial charge in [0.25, 0.3) is 5.78 Å². The van der Waals surface area contributed by atoms with Crippen molar-refractivity contribution in [2.75, 3.05) is 13.2 Å². The van der Waals surface area contributed by atoms with Crippen LogP contribution in [0.3, 0.4) is 0 Å². The van der Waals surface area contributed by atoms with Gasteiger partial charge in [-0.25, -0.2) is 4.79 Å². The predicted octanol–water partition coefficient (Wildman–Crippen LogP) is 1.84. The first-order valence-electron chi connectivity index (χ1n) is 7.90. The Morgan fingerprint density at radius 1 is 1.32 bits per heavy atom. The lowest BCUT2D eigenvalue weighted by molar-refractivity contribution is -0.164. The topological polar surface area (TPSA) is 67.9 Å². The third-order valence-electron chi connectivity index (χ3n) is 3.37. The molecule has 0 saturated carbocycles. The molecule has 1 fully saturated rings. The van der Waals surface area contributed by atoms with E-state index in [-0.39, 0.29) is 6.04 Å². The molecule has 0 aliphatic carbocycles. The maximum atomic E-state index is 12.2. The maximum absolute atomic E-state index is 12.2. The highest BCUT2D eigenvalue weighted by molar-refractivity contribution is 7.13. The second kappa shape index (κ2) is 8.92. The van der Waals surface area contributed by atoms with Gasteiger partial charge in [0.15, 0.2) is 0 Å². The van der Waals surface area contributed by atoms with Crippen molar-refractivity contribution in [1.82, 2.24) is 10.2 Å². The number of hydroxylamine groups is 1. The van der Waals surface area contributed by atoms with Crippen LogP contribution in [0.15, 0.2) is 0 Å². The average Bonchev–Trinajstić information content (AvgIpc) is 2.41. The summed E-state index contributed by atoms with van der Waals surface area (Å²) >= 11 is 0. The van der Waals surface area contributed by atoms with E-state index in [4.69, 9.17) is 9.57 Å². The number of carbonyl (C=O) groups excluding carboxylic acids is 2. The molecule has 7 heteroatoms. The van der Waals surface area contributed by atoms with Crippen LogP contribution < -0.4 is 5.48 Å². The van der Waals surface area contributed by atoms with Gasteiger partial charge in [-0.2, -0.15) is 5.48 Å². The molecule has 1 saturated heterocycles. The number of esters is 1. The number of nitrogens with zero attached hydrogens (tertiary/aromatic N) is 1. The van der Waals surface area contributed by atoms with Crippen molar-refractivity contribution in [3.63, 3.8) is 0 Å². The number of nitrogens with one attached hydrogen (secondary N) is 1. The minimum absolute atomic E-state index is 0.164. The summed E-state index contributed by atoms with van der Waals surface area (Å²) in [6.07, 6.45) is 3.51. The van der Waals surface area contributed by atoms with Gasteiger partial charge in [0.05, 0.1) is 12.6 Å². The molecule has 1 aliphatic heterocycles. The van der Waals surface area contributed by atoms with Crippen LogP contribution in [0, 0.1) is 0 Å². The first kappa shape index (κ1) is 19.5. The summed E-state index contributed by atoms with van der Waals surface area (Å²) < 4.78 is 6.97. The zero-order chi connectivity index (χ0) is 16.8. The molecule has 0 spiro atoms. The van der Waals surface area contributed by atoms with Gasteiger partial charge in [0.1, 0.15) is 5.60 Å². The van der Waals surface area contributed by atoms with E-state index in [1.165, 1.54) is 0 Å². The molecule has 0 amide bonds. The summed E-state index contributed by atoms with van der Waals surface area (Å²) in [6, 6.07) is -0.273. The van der Waals surface area contributed by atoms with Crippen LogP contribution in [0.2, 0.25) is 0 Å². The standard InChI is InChI=1S/C15H29N2O4P/c1-5-6-9-20-16-11-7-8-12(17(22)10-11)13(18)14(19)21-15(2,3)4/h11-12,16H,5-10,22H2,1-4H3/t11-,12+/m1/s1. The van der Waals surface area contributed by atoms with Crippen LogP contribution in [0.4, 0.5) is 0 Å². The summed E-state index contributed by atoms with van der Waals surface area (Å²) in [4.78, 5) is 29.5. The van der Waals surface area contributed by atoms with E-state index in [1.54, 1.807) is 20.8 Å². The van der Waals surface area contributed by atoms with Gasteiger partial charge in [-0.3, -0.25) is 9.46 Å². The highest BCUT2D eigenvalue weighted by Gasteiger charge is 2.36. The molecule has 0 radical (unpaired) electrons. The Morgan fingerprint density at radius 2 is 2.00 bits per heavy atom. The summed E-state index contributed by atoms with van der Waals surface area (Å²) in [6.45, 7) is 8.70. The highest BCUT2D eigenvalue weighted by atomic mass is 31.0. The zero-order valence-electron chi connectivity index (χ0n) is 14.1. The second-order valence-electron chi connectivity index (χ2n) is 6.67. The number of hydrogen-bond donors (Lipinski definition) is 1. The molecule has 1 heterocycles. The first-order valence-corrected chi connectivity index (χ1v) is 8.42. The summed E-state index contributed by atoms with van der Waals surface area (Å²) in [5.41, 5.74) is 2.38. The molecule has 1 aliphatic rings. The van der Waals surface area contributed by atoms with Gasteiger partial charge in [-0.15, -0.1) is 0 Å². The van der Waals surface area contributed by atoms with Gasteiger partial charge in [0.2, 0.25) is 0 Å². The molecule has 0 aromatic heterocycles. The number of hydrogen-bond acceptors (Lipinski definition) is 6. The van der Waals surface area contributed by atoms with Crippen LogP contribution in [0.25, 0.3) is 0 Å². The van der Waals surface area contributed by atoms with Crippen molar-refractivity contribution in [3.8, 4) is 0 Å². The molecule has 1 rings (SSSR count). The number of rotatable bonds is 7. The third kappa shape index (κ3) is 6.69. The Morgan fingerprint density at radius 3 is 2.55 bits per heavy atom. The van der Waals surface area contributed by atoms with Gasteiger partial charge >= 0.3 is 5.97 Å². The second-order valence-corrected chi connectivity index (χ2v) is 7.34. The Kier molecular flexibility index (Phi) is 7.90. The fourth-order valence-electron chi connectivity index (χ4n) is 2.23. The minimum atomic E-state index is -0.754. The lowest BCUT2D eigenvalue weighted by atomic mass is 9.98. The summed E-state index contributed by atoms with van der Waals surface area (Å²) in [5.74, 6) is -1.23. The van der Waals surface area contributed by atoms with Crippen LogP contribution in [0.5, 0.6) is 0 Å². The van der Waals surface area contributed by atoms with E-state index in [0.29, 0.717) is 19.6 Å². The summed E-state index contributed by atoms with van der Waals surface area (Å²) in [5, 5.41) is 0. The summed E-state index contributed by atoms with van der Waals surface area (Å²) in [7, 11) is 2.53. The fraction of sp³-hybridized carbons (Fsp3) is 0.867. The van der Waals surface area contributed by atoms with E-state index in [0.717, 1.165) is 19.3 Å². The van der Waals surface area contributed by atoms with Crippen molar-refractivity contribution in [2.45, 2.75) is 71.1 Å². The normalized spacial score (nSPS) is 23.3. The molecule has 0 aromatic carbocycles. The third-order valence-corrected chi connectivity index (χ3v) is 3.94. The maximum Gasteiger partial charge on any atom is 0.376 e. The minimum Gasteiger partial charge on any atom is -0.454 e. The number of carbonyl (C=O) groups is 2.